The van der Waals surface area contributed by atoms with Crippen molar-refractivity contribution >= 4 is 17.7 Å². The van der Waals surface area contributed by atoms with Gasteiger partial charge in [0, 0.05) is 5.69 Å². The molecule has 0 spiro atoms. The van der Waals surface area contributed by atoms with Crippen molar-refractivity contribution in [3.05, 3.63) is 47.5 Å². The summed E-state index contributed by atoms with van der Waals surface area (Å²) in [6.45, 7) is 5.85. The van der Waals surface area contributed by atoms with Crippen molar-refractivity contribution in [2.24, 2.45) is 4.99 Å². The van der Waals surface area contributed by atoms with Crippen LogP contribution in [0.2, 0.25) is 0 Å². The van der Waals surface area contributed by atoms with Gasteiger partial charge in [-0.3, -0.25) is 5.32 Å². The van der Waals surface area contributed by atoms with Crippen LogP contribution in [0.25, 0.3) is 0 Å². The molecule has 6 nitrogen and oxygen atoms in total. The van der Waals surface area contributed by atoms with Gasteiger partial charge in [-0.15, -0.1) is 0 Å². The monoisotopic (exact) mass is 287 g/mol. The number of rotatable bonds is 3. The summed E-state index contributed by atoms with van der Waals surface area (Å²) in [5, 5.41) is 2.56. The lowest BCUT2D eigenvalue weighted by atomic mass is 10.2. The number of alkyl carbamates (subject to hydrolysis) is 1. The van der Waals surface area contributed by atoms with E-state index in [-0.39, 0.29) is 12.4 Å². The van der Waals surface area contributed by atoms with E-state index in [0.29, 0.717) is 11.6 Å². The van der Waals surface area contributed by atoms with Gasteiger partial charge in [0.25, 0.3) is 0 Å². The van der Waals surface area contributed by atoms with Crippen molar-refractivity contribution in [2.75, 3.05) is 6.61 Å². The minimum atomic E-state index is -0.586. The maximum Gasteiger partial charge on any atom is 0.412 e. The molecule has 0 atom stereocenters. The van der Waals surface area contributed by atoms with Gasteiger partial charge in [0.05, 0.1) is 12.9 Å². The van der Waals surface area contributed by atoms with E-state index in [9.17, 15) is 4.79 Å². The van der Waals surface area contributed by atoms with Crippen molar-refractivity contribution in [1.29, 1.82) is 0 Å². The van der Waals surface area contributed by atoms with Crippen LogP contribution in [0.5, 0.6) is 0 Å². The van der Waals surface area contributed by atoms with Crippen LogP contribution >= 0.6 is 0 Å². The number of furan rings is 1. The number of pyridine rings is 1. The van der Waals surface area contributed by atoms with Gasteiger partial charge < -0.3 is 9.15 Å². The highest BCUT2D eigenvalue weighted by Crippen LogP contribution is 2.14. The largest absolute Gasteiger partial charge is 0.461 e. The third kappa shape index (κ3) is 4.17. The van der Waals surface area contributed by atoms with Gasteiger partial charge >= 0.3 is 6.09 Å². The number of amidine groups is 1. The normalized spacial score (nSPS) is 11.3. The number of hydrogen-bond acceptors (Lipinski definition) is 5. The fourth-order valence-electron chi connectivity index (χ4n) is 1.81. The summed E-state index contributed by atoms with van der Waals surface area (Å²) in [6, 6.07) is 7.19. The standard InChI is InChI=1S/C15H17N3O3/c1-4-20-15(19)18-14(12-6-5-7-21-12)17-13-9-10(2)8-11(3)16-13/h5-9H,4H2,1-3H3,(H,16,17,18,19). The van der Waals surface area contributed by atoms with E-state index in [1.807, 2.05) is 26.0 Å². The Balaban J connectivity index is 2.34. The van der Waals surface area contributed by atoms with E-state index < -0.39 is 6.09 Å². The smallest absolute Gasteiger partial charge is 0.412 e. The molecule has 2 aromatic rings. The Labute approximate surface area is 122 Å². The van der Waals surface area contributed by atoms with E-state index >= 15 is 0 Å². The lowest BCUT2D eigenvalue weighted by molar-refractivity contribution is 0.157. The third-order valence-electron chi connectivity index (χ3n) is 2.56. The van der Waals surface area contributed by atoms with Crippen molar-refractivity contribution in [1.82, 2.24) is 10.3 Å². The molecule has 21 heavy (non-hydrogen) atoms. The van der Waals surface area contributed by atoms with Crippen LogP contribution in [0, 0.1) is 13.8 Å². The molecule has 1 amide bonds. The zero-order valence-electron chi connectivity index (χ0n) is 12.2. The molecule has 0 unspecified atom stereocenters. The molecule has 0 bridgehead atoms. The summed E-state index contributed by atoms with van der Waals surface area (Å²) in [7, 11) is 0. The quantitative estimate of drug-likeness (QED) is 0.695. The molecule has 0 saturated carbocycles. The van der Waals surface area contributed by atoms with Gasteiger partial charge in [0.15, 0.2) is 17.4 Å². The number of aliphatic imine (C=N–C) groups is 1. The van der Waals surface area contributed by atoms with E-state index in [2.05, 4.69) is 15.3 Å². The Morgan fingerprint density at radius 1 is 1.43 bits per heavy atom. The summed E-state index contributed by atoms with van der Waals surface area (Å²) in [5.74, 6) is 1.19. The number of aryl methyl sites for hydroxylation is 2. The first kappa shape index (κ1) is 14.8. The van der Waals surface area contributed by atoms with Crippen molar-refractivity contribution in [2.45, 2.75) is 20.8 Å². The number of aromatic nitrogens is 1. The molecule has 0 aromatic carbocycles. The fourth-order valence-corrected chi connectivity index (χ4v) is 1.81. The topological polar surface area (TPSA) is 76.7 Å². The first-order valence-corrected chi connectivity index (χ1v) is 6.60. The van der Waals surface area contributed by atoms with E-state index in [0.717, 1.165) is 11.3 Å². The van der Waals surface area contributed by atoms with Crippen molar-refractivity contribution in [3.63, 3.8) is 0 Å². The summed E-state index contributed by atoms with van der Waals surface area (Å²) < 4.78 is 10.1. The third-order valence-corrected chi connectivity index (χ3v) is 2.56. The van der Waals surface area contributed by atoms with Crippen LogP contribution in [0.3, 0.4) is 0 Å². The molecule has 110 valence electrons. The van der Waals surface area contributed by atoms with Gasteiger partial charge in [0.1, 0.15) is 0 Å². The van der Waals surface area contributed by atoms with Gasteiger partial charge in [-0.1, -0.05) is 0 Å². The molecular formula is C15H17N3O3. The lowest BCUT2D eigenvalue weighted by Gasteiger charge is -2.07. The highest BCUT2D eigenvalue weighted by Gasteiger charge is 2.12. The number of carbonyl (C=O) groups is 1. The lowest BCUT2D eigenvalue weighted by Crippen LogP contribution is -2.31. The predicted octanol–water partition coefficient (Wildman–Crippen LogP) is 3.12. The molecule has 2 heterocycles. The number of nitrogens with zero attached hydrogens (tertiary/aromatic N) is 2. The van der Waals surface area contributed by atoms with E-state index in [1.54, 1.807) is 19.1 Å². The summed E-state index contributed by atoms with van der Waals surface area (Å²) in [5.41, 5.74) is 1.89. The molecule has 0 saturated heterocycles. The van der Waals surface area contributed by atoms with Gasteiger partial charge in [-0.05, 0) is 50.6 Å². The first-order valence-electron chi connectivity index (χ1n) is 6.60. The highest BCUT2D eigenvalue weighted by atomic mass is 16.5. The average Bonchev–Trinajstić information content (AvgIpc) is 2.90. The van der Waals surface area contributed by atoms with Crippen molar-refractivity contribution in [3.8, 4) is 0 Å². The SMILES string of the molecule is CCOC(=O)N/C(=N\c1cc(C)cc(C)n1)c1ccco1. The average molecular weight is 287 g/mol. The molecule has 2 aromatic heterocycles. The number of nitrogens with one attached hydrogen (secondary N) is 1. The molecule has 0 fully saturated rings. The Morgan fingerprint density at radius 3 is 2.86 bits per heavy atom. The Hall–Kier alpha value is -2.63. The number of carbonyl (C=O) groups excluding carboxylic acids is 1. The molecule has 0 aliphatic rings. The molecule has 0 radical (unpaired) electrons. The summed E-state index contributed by atoms with van der Waals surface area (Å²) in [6.07, 6.45) is 0.920. The second-order valence-electron chi connectivity index (χ2n) is 4.43. The predicted molar refractivity (Wildman–Crippen MR) is 78.8 cm³/mol. The second-order valence-corrected chi connectivity index (χ2v) is 4.43. The zero-order chi connectivity index (χ0) is 15.2. The molecule has 2 rings (SSSR count). The molecule has 0 aliphatic heterocycles. The minimum Gasteiger partial charge on any atom is -0.461 e. The Kier molecular flexibility index (Phi) is 4.71. The summed E-state index contributed by atoms with van der Waals surface area (Å²) >= 11 is 0. The molecule has 6 heteroatoms. The molecule has 1 N–H and O–H groups in total. The number of amides is 1. The van der Waals surface area contributed by atoms with E-state index in [1.165, 1.54) is 6.26 Å². The van der Waals surface area contributed by atoms with Crippen LogP contribution in [0.15, 0.2) is 39.9 Å². The maximum absolute atomic E-state index is 11.6. The van der Waals surface area contributed by atoms with Crippen LogP contribution in [-0.2, 0) is 4.74 Å². The Morgan fingerprint density at radius 2 is 2.24 bits per heavy atom. The fraction of sp³-hybridized carbons (Fsp3) is 0.267. The van der Waals surface area contributed by atoms with E-state index in [4.69, 9.17) is 9.15 Å². The number of ether oxygens (including phenoxy) is 1. The van der Waals surface area contributed by atoms with Crippen molar-refractivity contribution < 1.29 is 13.9 Å². The zero-order valence-corrected chi connectivity index (χ0v) is 12.2. The van der Waals surface area contributed by atoms with Crippen LogP contribution in [0.4, 0.5) is 10.6 Å². The molecule has 0 aliphatic carbocycles. The first-order chi connectivity index (χ1) is 10.1. The Bertz CT molecular complexity index is 628. The second kappa shape index (κ2) is 6.69. The summed E-state index contributed by atoms with van der Waals surface area (Å²) in [4.78, 5) is 20.3. The van der Waals surface area contributed by atoms with Crippen LogP contribution in [0.1, 0.15) is 23.9 Å². The van der Waals surface area contributed by atoms with Gasteiger partial charge in [0.2, 0.25) is 0 Å². The van der Waals surface area contributed by atoms with Crippen LogP contribution in [-0.4, -0.2) is 23.5 Å². The van der Waals surface area contributed by atoms with Gasteiger partial charge in [-0.2, -0.15) is 0 Å². The van der Waals surface area contributed by atoms with Gasteiger partial charge in [-0.25, -0.2) is 14.8 Å². The maximum atomic E-state index is 11.6. The van der Waals surface area contributed by atoms with Crippen LogP contribution < -0.4 is 5.32 Å². The minimum absolute atomic E-state index is 0.260. The highest BCUT2D eigenvalue weighted by molar-refractivity contribution is 6.05. The number of hydrogen-bond donors (Lipinski definition) is 1. The molecular weight excluding hydrogens is 270 g/mol.